The predicted molar refractivity (Wildman–Crippen MR) is 164 cm³/mol. The summed E-state index contributed by atoms with van der Waals surface area (Å²) in [6.45, 7) is 0.235. The van der Waals surface area contributed by atoms with Crippen LogP contribution in [0.2, 0.25) is 0 Å². The van der Waals surface area contributed by atoms with Crippen molar-refractivity contribution in [3.05, 3.63) is 35.9 Å². The fourth-order valence-corrected chi connectivity index (χ4v) is 4.29. The van der Waals surface area contributed by atoms with Crippen molar-refractivity contribution in [3.8, 4) is 0 Å². The topological polar surface area (TPSA) is 323 Å². The summed E-state index contributed by atoms with van der Waals surface area (Å²) in [7, 11) is 0. The molecule has 0 radical (unpaired) electrons. The Bertz CT molecular complexity index is 1260. The Kier molecular flexibility index (Phi) is 17.7. The van der Waals surface area contributed by atoms with Gasteiger partial charge in [0.25, 0.3) is 0 Å². The van der Waals surface area contributed by atoms with Crippen LogP contribution in [0.15, 0.2) is 30.3 Å². The molecule has 18 heteroatoms. The number of rotatable bonds is 23. The fraction of sp³-hybridized carbons (Fsp3) is 0.517. The Morgan fingerprint density at radius 3 is 1.60 bits per heavy atom. The van der Waals surface area contributed by atoms with E-state index in [9.17, 15) is 43.5 Å². The summed E-state index contributed by atoms with van der Waals surface area (Å²) >= 11 is 0. The van der Waals surface area contributed by atoms with E-state index in [1.54, 1.807) is 30.3 Å². The normalized spacial score (nSPS) is 13.9. The van der Waals surface area contributed by atoms with Crippen molar-refractivity contribution in [2.75, 3.05) is 6.54 Å². The Labute approximate surface area is 270 Å². The van der Waals surface area contributed by atoms with Crippen molar-refractivity contribution in [3.63, 3.8) is 0 Å². The van der Waals surface area contributed by atoms with Crippen LogP contribution in [-0.2, 0) is 44.8 Å². The van der Waals surface area contributed by atoms with Crippen molar-refractivity contribution >= 4 is 47.4 Å². The van der Waals surface area contributed by atoms with Gasteiger partial charge in [0.05, 0.1) is 12.5 Å². The van der Waals surface area contributed by atoms with Gasteiger partial charge in [0.1, 0.15) is 24.2 Å². The first kappa shape index (κ1) is 39.9. The molecule has 1 aromatic rings. The molecule has 5 amide bonds. The summed E-state index contributed by atoms with van der Waals surface area (Å²) in [5.41, 5.74) is 17.6. The van der Waals surface area contributed by atoms with E-state index < -0.39 is 110 Å². The minimum atomic E-state index is -1.66. The summed E-state index contributed by atoms with van der Waals surface area (Å²) in [4.78, 5) is 97.8. The number of hydrogen-bond acceptors (Lipinski definition) is 10. The molecule has 0 fully saturated rings. The summed E-state index contributed by atoms with van der Waals surface area (Å²) < 4.78 is 0. The van der Waals surface area contributed by atoms with E-state index in [4.69, 9.17) is 27.4 Å². The predicted octanol–water partition coefficient (Wildman–Crippen LogP) is -2.69. The van der Waals surface area contributed by atoms with E-state index in [-0.39, 0.29) is 19.4 Å². The zero-order valence-electron chi connectivity index (χ0n) is 25.7. The average Bonchev–Trinajstić information content (AvgIpc) is 2.99. The van der Waals surface area contributed by atoms with Gasteiger partial charge in [-0.1, -0.05) is 30.3 Å². The Hall–Kier alpha value is -5.10. The highest BCUT2D eigenvalue weighted by Gasteiger charge is 2.32. The zero-order chi connectivity index (χ0) is 35.5. The van der Waals surface area contributed by atoms with Gasteiger partial charge >= 0.3 is 17.9 Å². The summed E-state index contributed by atoms with van der Waals surface area (Å²) in [5.74, 6) is -8.99. The summed E-state index contributed by atoms with van der Waals surface area (Å²) in [6.07, 6.45) is -2.05. The molecule has 0 aliphatic rings. The number of benzene rings is 1. The molecule has 0 saturated carbocycles. The summed E-state index contributed by atoms with van der Waals surface area (Å²) in [5, 5.41) is 36.6. The molecular formula is C29H43N7O11. The largest absolute Gasteiger partial charge is 0.481 e. The van der Waals surface area contributed by atoms with Crippen LogP contribution in [0.4, 0.5) is 0 Å². The Morgan fingerprint density at radius 2 is 1.11 bits per heavy atom. The maximum absolute atomic E-state index is 13.4. The third-order valence-corrected chi connectivity index (χ3v) is 6.79. The van der Waals surface area contributed by atoms with Crippen LogP contribution < -0.4 is 38.5 Å². The van der Waals surface area contributed by atoms with E-state index >= 15 is 0 Å². The van der Waals surface area contributed by atoms with E-state index in [0.29, 0.717) is 12.8 Å². The van der Waals surface area contributed by atoms with Crippen LogP contribution in [-0.4, -0.2) is 99.5 Å². The number of carboxylic acids is 3. The number of nitrogens with two attached hydrogens (primary N) is 3. The highest BCUT2D eigenvalue weighted by atomic mass is 16.4. The standard InChI is InChI=1S/C29H43N7O11/c30-13-5-4-8-18(26(43)34-19(9-11-23(38)39)27(44)35-20(29(46)47)10-12-24(40)41)33-28(45)21(15-22(32)37)36-25(42)17(31)14-16-6-2-1-3-7-16/h1-3,6-7,17-21H,4-5,8-15,30-31H2,(H2,32,37)(H,33,45)(H,34,43)(H,35,44)(H,36,42)(H,38,39)(H,40,41)(H,46,47)/t17-,18-,19-,20-,21-/m0/s1. The van der Waals surface area contributed by atoms with Gasteiger partial charge in [0.15, 0.2) is 0 Å². The second-order valence-electron chi connectivity index (χ2n) is 10.7. The van der Waals surface area contributed by atoms with Crippen molar-refractivity contribution in [2.45, 2.75) is 88.0 Å². The van der Waals surface area contributed by atoms with Crippen molar-refractivity contribution in [1.82, 2.24) is 21.3 Å². The van der Waals surface area contributed by atoms with Crippen LogP contribution in [0.3, 0.4) is 0 Å². The number of carbonyl (C=O) groups is 8. The van der Waals surface area contributed by atoms with Gasteiger partial charge in [0, 0.05) is 12.8 Å². The third-order valence-electron chi connectivity index (χ3n) is 6.79. The van der Waals surface area contributed by atoms with Crippen LogP contribution in [0.25, 0.3) is 0 Å². The minimum Gasteiger partial charge on any atom is -0.481 e. The maximum Gasteiger partial charge on any atom is 0.326 e. The second kappa shape index (κ2) is 20.8. The lowest BCUT2D eigenvalue weighted by molar-refractivity contribution is -0.144. The molecule has 0 heterocycles. The van der Waals surface area contributed by atoms with Gasteiger partial charge in [-0.05, 0) is 50.6 Å². The molecule has 0 unspecified atom stereocenters. The highest BCUT2D eigenvalue weighted by molar-refractivity contribution is 5.97. The molecule has 47 heavy (non-hydrogen) atoms. The first-order valence-electron chi connectivity index (χ1n) is 14.8. The van der Waals surface area contributed by atoms with Crippen LogP contribution in [0, 0.1) is 0 Å². The lowest BCUT2D eigenvalue weighted by Crippen LogP contribution is -2.59. The number of nitrogens with one attached hydrogen (secondary N) is 4. The SMILES string of the molecule is NCCCC[C@H](NC(=O)[C@H](CC(N)=O)NC(=O)[C@@H](N)Cc1ccccc1)C(=O)N[C@@H](CCC(=O)O)C(=O)N[C@@H](CCC(=O)O)C(=O)O. The molecule has 1 aromatic carbocycles. The van der Waals surface area contributed by atoms with E-state index in [0.717, 1.165) is 5.56 Å². The monoisotopic (exact) mass is 665 g/mol. The average molecular weight is 666 g/mol. The van der Waals surface area contributed by atoms with Gasteiger partial charge in [-0.15, -0.1) is 0 Å². The molecule has 0 saturated heterocycles. The molecule has 18 nitrogen and oxygen atoms in total. The molecule has 0 spiro atoms. The summed E-state index contributed by atoms with van der Waals surface area (Å²) in [6, 6.07) is 1.47. The van der Waals surface area contributed by atoms with E-state index in [1.807, 2.05) is 0 Å². The zero-order valence-corrected chi connectivity index (χ0v) is 25.7. The van der Waals surface area contributed by atoms with Crippen molar-refractivity contribution < 1.29 is 53.7 Å². The number of amides is 5. The smallest absolute Gasteiger partial charge is 0.326 e. The number of aliphatic carboxylic acids is 3. The van der Waals surface area contributed by atoms with Gasteiger partial charge in [-0.3, -0.25) is 33.6 Å². The van der Waals surface area contributed by atoms with Gasteiger partial charge in [-0.2, -0.15) is 0 Å². The second-order valence-corrected chi connectivity index (χ2v) is 10.7. The lowest BCUT2D eigenvalue weighted by atomic mass is 10.0. The molecule has 1 rings (SSSR count). The fourth-order valence-electron chi connectivity index (χ4n) is 4.29. The lowest BCUT2D eigenvalue weighted by Gasteiger charge is -2.26. The first-order chi connectivity index (χ1) is 22.1. The van der Waals surface area contributed by atoms with Gasteiger partial charge in [-0.25, -0.2) is 4.79 Å². The van der Waals surface area contributed by atoms with Crippen molar-refractivity contribution in [1.29, 1.82) is 0 Å². The van der Waals surface area contributed by atoms with Crippen LogP contribution in [0.5, 0.6) is 0 Å². The van der Waals surface area contributed by atoms with Crippen LogP contribution in [0.1, 0.15) is 56.9 Å². The number of unbranched alkanes of at least 4 members (excludes halogenated alkanes) is 1. The molecule has 0 aliphatic carbocycles. The van der Waals surface area contributed by atoms with Crippen molar-refractivity contribution in [2.24, 2.45) is 17.2 Å². The maximum atomic E-state index is 13.4. The minimum absolute atomic E-state index is 0.0385. The van der Waals surface area contributed by atoms with E-state index in [2.05, 4.69) is 21.3 Å². The molecule has 0 bridgehead atoms. The quantitative estimate of drug-likeness (QED) is 0.0533. The first-order valence-corrected chi connectivity index (χ1v) is 14.8. The molecule has 5 atom stereocenters. The number of carbonyl (C=O) groups excluding carboxylic acids is 5. The molecular weight excluding hydrogens is 622 g/mol. The molecule has 13 N–H and O–H groups in total. The van der Waals surface area contributed by atoms with E-state index in [1.165, 1.54) is 0 Å². The Balaban J connectivity index is 3.16. The number of primary amides is 1. The molecule has 0 aromatic heterocycles. The van der Waals surface area contributed by atoms with Gasteiger partial charge in [0.2, 0.25) is 29.5 Å². The third kappa shape index (κ3) is 16.2. The number of hydrogen-bond donors (Lipinski definition) is 10. The van der Waals surface area contributed by atoms with Gasteiger partial charge < -0.3 is 53.8 Å². The molecule has 260 valence electrons. The number of carboxylic acid groups (broad SMARTS) is 3. The Morgan fingerprint density at radius 1 is 0.638 bits per heavy atom. The molecule has 0 aliphatic heterocycles. The highest BCUT2D eigenvalue weighted by Crippen LogP contribution is 2.08. The van der Waals surface area contributed by atoms with Crippen LogP contribution >= 0.6 is 0 Å².